The van der Waals surface area contributed by atoms with E-state index < -0.39 is 0 Å². The van der Waals surface area contributed by atoms with Crippen molar-refractivity contribution < 1.29 is 4.39 Å². The SMILES string of the molecule is CC.Cc1cc(-c2ccc(F)cc2)c2nccc(=O)n2c1. The number of fused-ring (bicyclic) bond motifs is 1. The highest BCUT2D eigenvalue weighted by Crippen LogP contribution is 2.24. The molecule has 0 atom stereocenters. The van der Waals surface area contributed by atoms with E-state index in [0.29, 0.717) is 5.65 Å². The van der Waals surface area contributed by atoms with Crippen LogP contribution in [0.25, 0.3) is 16.8 Å². The summed E-state index contributed by atoms with van der Waals surface area (Å²) in [5.41, 5.74) is 3.04. The predicted octanol–water partition coefficient (Wildman–Crippen LogP) is 3.84. The van der Waals surface area contributed by atoms with Crippen molar-refractivity contribution in [3.63, 3.8) is 0 Å². The highest BCUT2D eigenvalue weighted by Gasteiger charge is 2.07. The molecule has 108 valence electrons. The molecule has 3 rings (SSSR count). The third-order valence-electron chi connectivity index (χ3n) is 2.98. The molecule has 1 aromatic carbocycles. The topological polar surface area (TPSA) is 34.4 Å². The Balaban J connectivity index is 0.000000774. The molecule has 21 heavy (non-hydrogen) atoms. The fourth-order valence-electron chi connectivity index (χ4n) is 2.12. The molecule has 0 amide bonds. The van der Waals surface area contributed by atoms with Gasteiger partial charge in [-0.2, -0.15) is 0 Å². The van der Waals surface area contributed by atoms with Crippen LogP contribution >= 0.6 is 0 Å². The highest BCUT2D eigenvalue weighted by molar-refractivity contribution is 5.77. The summed E-state index contributed by atoms with van der Waals surface area (Å²) in [6.45, 7) is 5.91. The standard InChI is InChI=1S/C15H11FN2O.C2H6/c1-10-8-13(11-2-4-12(16)5-3-11)15-17-7-6-14(19)18(15)9-10;1-2/h2-9H,1H3;1-2H3. The molecule has 3 nitrogen and oxygen atoms in total. The summed E-state index contributed by atoms with van der Waals surface area (Å²) in [6.07, 6.45) is 3.23. The molecule has 0 aliphatic carbocycles. The minimum Gasteiger partial charge on any atom is -0.269 e. The van der Waals surface area contributed by atoms with Crippen molar-refractivity contribution in [2.24, 2.45) is 0 Å². The predicted molar refractivity (Wildman–Crippen MR) is 82.9 cm³/mol. The van der Waals surface area contributed by atoms with Crippen molar-refractivity contribution >= 4 is 5.65 Å². The summed E-state index contributed by atoms with van der Waals surface area (Å²) in [7, 11) is 0. The molecule has 0 fully saturated rings. The van der Waals surface area contributed by atoms with Gasteiger partial charge >= 0.3 is 0 Å². The van der Waals surface area contributed by atoms with Crippen LogP contribution in [0.3, 0.4) is 0 Å². The lowest BCUT2D eigenvalue weighted by molar-refractivity contribution is 0.628. The number of rotatable bonds is 1. The lowest BCUT2D eigenvalue weighted by Crippen LogP contribution is -2.13. The van der Waals surface area contributed by atoms with Crippen molar-refractivity contribution in [2.75, 3.05) is 0 Å². The molecular formula is C17H17FN2O. The van der Waals surface area contributed by atoms with Crippen LogP contribution in [0.2, 0.25) is 0 Å². The zero-order valence-electron chi connectivity index (χ0n) is 12.3. The summed E-state index contributed by atoms with van der Waals surface area (Å²) < 4.78 is 14.5. The number of pyridine rings is 1. The molecule has 2 heterocycles. The minimum atomic E-state index is -0.286. The first kappa shape index (κ1) is 14.9. The Bertz CT molecular complexity index is 807. The fourth-order valence-corrected chi connectivity index (χ4v) is 2.12. The van der Waals surface area contributed by atoms with E-state index in [2.05, 4.69) is 4.98 Å². The van der Waals surface area contributed by atoms with Crippen molar-refractivity contribution in [1.82, 2.24) is 9.38 Å². The zero-order valence-corrected chi connectivity index (χ0v) is 12.3. The van der Waals surface area contributed by atoms with Gasteiger partial charge in [0.15, 0.2) is 0 Å². The Labute approximate surface area is 122 Å². The van der Waals surface area contributed by atoms with Crippen LogP contribution in [-0.4, -0.2) is 9.38 Å². The van der Waals surface area contributed by atoms with Crippen molar-refractivity contribution in [3.8, 4) is 11.1 Å². The molecule has 0 aliphatic rings. The first-order valence-corrected chi connectivity index (χ1v) is 6.89. The van der Waals surface area contributed by atoms with Gasteiger partial charge in [-0.3, -0.25) is 9.20 Å². The monoisotopic (exact) mass is 284 g/mol. The number of aryl methyl sites for hydroxylation is 1. The molecule has 0 spiro atoms. The van der Waals surface area contributed by atoms with E-state index in [0.717, 1.165) is 16.7 Å². The average Bonchev–Trinajstić information content (AvgIpc) is 2.50. The maximum atomic E-state index is 13.0. The summed E-state index contributed by atoms with van der Waals surface area (Å²) in [5.74, 6) is -0.286. The van der Waals surface area contributed by atoms with Crippen LogP contribution in [0.1, 0.15) is 19.4 Å². The quantitative estimate of drug-likeness (QED) is 0.680. The first-order chi connectivity index (χ1) is 10.1. The van der Waals surface area contributed by atoms with E-state index in [1.54, 1.807) is 18.3 Å². The van der Waals surface area contributed by atoms with Crippen LogP contribution < -0.4 is 5.56 Å². The fraction of sp³-hybridized carbons (Fsp3) is 0.176. The molecule has 0 N–H and O–H groups in total. The number of nitrogens with zero attached hydrogens (tertiary/aromatic N) is 2. The Morgan fingerprint density at radius 1 is 1.10 bits per heavy atom. The number of hydrogen-bond acceptors (Lipinski definition) is 2. The minimum absolute atomic E-state index is 0.128. The normalized spacial score (nSPS) is 10.1. The summed E-state index contributed by atoms with van der Waals surface area (Å²) in [6, 6.07) is 9.52. The Kier molecular flexibility index (Phi) is 4.48. The molecule has 0 saturated carbocycles. The molecule has 4 heteroatoms. The van der Waals surface area contributed by atoms with Gasteiger partial charge in [0.25, 0.3) is 5.56 Å². The Morgan fingerprint density at radius 3 is 2.43 bits per heavy atom. The van der Waals surface area contributed by atoms with Gasteiger partial charge in [-0.1, -0.05) is 26.0 Å². The van der Waals surface area contributed by atoms with Crippen molar-refractivity contribution in [2.45, 2.75) is 20.8 Å². The molecule has 3 aromatic rings. The van der Waals surface area contributed by atoms with Gasteiger partial charge in [0.05, 0.1) is 0 Å². The van der Waals surface area contributed by atoms with E-state index in [1.165, 1.54) is 28.8 Å². The smallest absolute Gasteiger partial charge is 0.257 e. The van der Waals surface area contributed by atoms with Crippen LogP contribution in [0.4, 0.5) is 4.39 Å². The summed E-state index contributed by atoms with van der Waals surface area (Å²) in [5, 5.41) is 0. The first-order valence-electron chi connectivity index (χ1n) is 6.89. The maximum Gasteiger partial charge on any atom is 0.257 e. The van der Waals surface area contributed by atoms with Crippen molar-refractivity contribution in [1.29, 1.82) is 0 Å². The lowest BCUT2D eigenvalue weighted by atomic mass is 10.1. The highest BCUT2D eigenvalue weighted by atomic mass is 19.1. The third kappa shape index (κ3) is 2.99. The summed E-state index contributed by atoms with van der Waals surface area (Å²) >= 11 is 0. The van der Waals surface area contributed by atoms with Crippen LogP contribution in [0.15, 0.2) is 53.6 Å². The second-order valence-corrected chi connectivity index (χ2v) is 4.41. The number of halogens is 1. The van der Waals surface area contributed by atoms with Gasteiger partial charge in [-0.05, 0) is 36.2 Å². The van der Waals surface area contributed by atoms with E-state index in [-0.39, 0.29) is 11.4 Å². The number of aromatic nitrogens is 2. The van der Waals surface area contributed by atoms with Gasteiger partial charge in [0.1, 0.15) is 11.5 Å². The second-order valence-electron chi connectivity index (χ2n) is 4.41. The molecule has 0 unspecified atom stereocenters. The van der Waals surface area contributed by atoms with Gasteiger partial charge < -0.3 is 0 Å². The van der Waals surface area contributed by atoms with Crippen LogP contribution in [-0.2, 0) is 0 Å². The van der Waals surface area contributed by atoms with E-state index in [1.807, 2.05) is 26.8 Å². The molecule has 2 aromatic heterocycles. The largest absolute Gasteiger partial charge is 0.269 e. The second kappa shape index (κ2) is 6.31. The summed E-state index contributed by atoms with van der Waals surface area (Å²) in [4.78, 5) is 16.1. The van der Waals surface area contributed by atoms with E-state index in [4.69, 9.17) is 0 Å². The van der Waals surface area contributed by atoms with Gasteiger partial charge in [0.2, 0.25) is 0 Å². The molecule has 0 aliphatic heterocycles. The third-order valence-corrected chi connectivity index (χ3v) is 2.98. The number of hydrogen-bond donors (Lipinski definition) is 0. The molecular weight excluding hydrogens is 267 g/mol. The van der Waals surface area contributed by atoms with Crippen LogP contribution in [0.5, 0.6) is 0 Å². The lowest BCUT2D eigenvalue weighted by Gasteiger charge is -2.08. The average molecular weight is 284 g/mol. The molecule has 0 bridgehead atoms. The van der Waals surface area contributed by atoms with Crippen LogP contribution in [0, 0.1) is 12.7 Å². The Hall–Kier alpha value is -2.49. The maximum absolute atomic E-state index is 13.0. The van der Waals surface area contributed by atoms with Gasteiger partial charge in [0, 0.05) is 24.0 Å². The van der Waals surface area contributed by atoms with E-state index >= 15 is 0 Å². The zero-order chi connectivity index (χ0) is 15.4. The molecule has 0 saturated heterocycles. The van der Waals surface area contributed by atoms with Gasteiger partial charge in [-0.25, -0.2) is 9.37 Å². The molecule has 0 radical (unpaired) electrons. The van der Waals surface area contributed by atoms with E-state index in [9.17, 15) is 9.18 Å². The van der Waals surface area contributed by atoms with Gasteiger partial charge in [-0.15, -0.1) is 0 Å². The number of benzene rings is 1. The van der Waals surface area contributed by atoms with Crippen molar-refractivity contribution in [3.05, 3.63) is 70.5 Å². The Morgan fingerprint density at radius 2 is 1.76 bits per heavy atom.